The summed E-state index contributed by atoms with van der Waals surface area (Å²) in [6.45, 7) is 1.58. The Morgan fingerprint density at radius 1 is 1.30 bits per heavy atom. The zero-order valence-corrected chi connectivity index (χ0v) is 11.9. The SMILES string of the molecule is Cc1ccc(C=CCS(=O)(=O)n2ccnc2CO)cc1. The molecule has 0 aliphatic rings. The molecule has 0 radical (unpaired) electrons. The van der Waals surface area contributed by atoms with Gasteiger partial charge < -0.3 is 5.11 Å². The molecule has 6 heteroatoms. The molecule has 0 atom stereocenters. The van der Waals surface area contributed by atoms with Crippen LogP contribution in [0.1, 0.15) is 17.0 Å². The molecule has 1 aromatic heterocycles. The minimum atomic E-state index is -3.53. The van der Waals surface area contributed by atoms with Crippen molar-refractivity contribution in [3.05, 3.63) is 59.7 Å². The summed E-state index contributed by atoms with van der Waals surface area (Å²) in [4.78, 5) is 3.79. The molecule has 1 aromatic carbocycles. The number of imidazole rings is 1. The first-order valence-corrected chi connectivity index (χ1v) is 7.73. The van der Waals surface area contributed by atoms with E-state index in [-0.39, 0.29) is 11.6 Å². The van der Waals surface area contributed by atoms with Gasteiger partial charge in [-0.25, -0.2) is 17.4 Å². The largest absolute Gasteiger partial charge is 0.388 e. The van der Waals surface area contributed by atoms with Crippen LogP contribution in [-0.4, -0.2) is 28.2 Å². The summed E-state index contributed by atoms with van der Waals surface area (Å²) in [6, 6.07) is 7.78. The minimum Gasteiger partial charge on any atom is -0.388 e. The molecule has 0 bridgehead atoms. The van der Waals surface area contributed by atoms with E-state index >= 15 is 0 Å². The molecule has 106 valence electrons. The van der Waals surface area contributed by atoms with Crippen molar-refractivity contribution in [1.82, 2.24) is 8.96 Å². The van der Waals surface area contributed by atoms with Crippen LogP contribution in [-0.2, 0) is 16.6 Å². The highest BCUT2D eigenvalue weighted by molar-refractivity contribution is 7.90. The summed E-state index contributed by atoms with van der Waals surface area (Å²) in [5.74, 6) is -0.0294. The van der Waals surface area contributed by atoms with Crippen molar-refractivity contribution in [2.75, 3.05) is 5.75 Å². The molecule has 0 spiro atoms. The van der Waals surface area contributed by atoms with Gasteiger partial charge in [-0.15, -0.1) is 0 Å². The van der Waals surface area contributed by atoms with Gasteiger partial charge in [-0.2, -0.15) is 0 Å². The number of rotatable bonds is 5. The van der Waals surface area contributed by atoms with E-state index < -0.39 is 16.6 Å². The quantitative estimate of drug-likeness (QED) is 0.908. The van der Waals surface area contributed by atoms with Gasteiger partial charge in [0.15, 0.2) is 0 Å². The topological polar surface area (TPSA) is 72.2 Å². The Morgan fingerprint density at radius 2 is 2.00 bits per heavy atom. The number of aliphatic hydroxyl groups is 1. The number of hydrogen-bond acceptors (Lipinski definition) is 4. The van der Waals surface area contributed by atoms with Crippen molar-refractivity contribution in [3.8, 4) is 0 Å². The summed E-state index contributed by atoms with van der Waals surface area (Å²) in [7, 11) is -3.53. The van der Waals surface area contributed by atoms with E-state index in [1.807, 2.05) is 31.2 Å². The lowest BCUT2D eigenvalue weighted by atomic mass is 10.1. The first kappa shape index (κ1) is 14.5. The molecule has 1 heterocycles. The standard InChI is InChI=1S/C14H16N2O3S/c1-12-4-6-13(7-5-12)3-2-10-20(18,19)16-9-8-15-14(16)11-17/h2-9,17H,10-11H2,1H3. The minimum absolute atomic E-state index is 0.119. The molecule has 0 aliphatic heterocycles. The van der Waals surface area contributed by atoms with E-state index in [4.69, 9.17) is 5.11 Å². The van der Waals surface area contributed by atoms with Crippen LogP contribution in [0, 0.1) is 6.92 Å². The van der Waals surface area contributed by atoms with Gasteiger partial charge >= 0.3 is 0 Å². The maximum atomic E-state index is 12.1. The Hall–Kier alpha value is -1.92. The van der Waals surface area contributed by atoms with Crippen molar-refractivity contribution in [2.24, 2.45) is 0 Å². The predicted molar refractivity (Wildman–Crippen MR) is 77.5 cm³/mol. The van der Waals surface area contributed by atoms with Crippen molar-refractivity contribution in [3.63, 3.8) is 0 Å². The van der Waals surface area contributed by atoms with Crippen molar-refractivity contribution >= 4 is 16.1 Å². The van der Waals surface area contributed by atoms with Gasteiger partial charge in [-0.05, 0) is 12.5 Å². The second kappa shape index (κ2) is 6.02. The molecular formula is C14H16N2O3S. The van der Waals surface area contributed by atoms with Crippen LogP contribution in [0.3, 0.4) is 0 Å². The van der Waals surface area contributed by atoms with Crippen LogP contribution in [0.2, 0.25) is 0 Å². The molecule has 0 amide bonds. The van der Waals surface area contributed by atoms with Crippen LogP contribution in [0.4, 0.5) is 0 Å². The van der Waals surface area contributed by atoms with Crippen LogP contribution >= 0.6 is 0 Å². The molecule has 20 heavy (non-hydrogen) atoms. The van der Waals surface area contributed by atoms with Crippen molar-refractivity contribution < 1.29 is 13.5 Å². The molecule has 0 saturated carbocycles. The zero-order chi connectivity index (χ0) is 14.6. The highest BCUT2D eigenvalue weighted by atomic mass is 32.2. The average molecular weight is 292 g/mol. The molecule has 5 nitrogen and oxygen atoms in total. The first-order chi connectivity index (χ1) is 9.53. The third-order valence-electron chi connectivity index (χ3n) is 2.82. The normalized spacial score (nSPS) is 12.1. The monoisotopic (exact) mass is 292 g/mol. The average Bonchev–Trinajstić information content (AvgIpc) is 2.90. The van der Waals surface area contributed by atoms with Gasteiger partial charge in [0.2, 0.25) is 10.0 Å². The van der Waals surface area contributed by atoms with Gasteiger partial charge in [-0.1, -0.05) is 42.0 Å². The highest BCUT2D eigenvalue weighted by Gasteiger charge is 2.14. The van der Waals surface area contributed by atoms with E-state index in [0.29, 0.717) is 0 Å². The molecule has 0 fully saturated rings. The number of aryl methyl sites for hydroxylation is 1. The van der Waals surface area contributed by atoms with Crippen molar-refractivity contribution in [2.45, 2.75) is 13.5 Å². The third-order valence-corrected chi connectivity index (χ3v) is 4.36. The van der Waals surface area contributed by atoms with E-state index in [9.17, 15) is 8.42 Å². The van der Waals surface area contributed by atoms with Gasteiger partial charge in [0.05, 0.1) is 5.75 Å². The van der Waals surface area contributed by atoms with E-state index in [1.165, 1.54) is 12.4 Å². The Kier molecular flexibility index (Phi) is 4.36. The molecule has 0 unspecified atom stereocenters. The second-order valence-corrected chi connectivity index (χ2v) is 6.28. The van der Waals surface area contributed by atoms with Gasteiger partial charge in [0.25, 0.3) is 0 Å². The van der Waals surface area contributed by atoms with Crippen LogP contribution in [0.5, 0.6) is 0 Å². The first-order valence-electron chi connectivity index (χ1n) is 6.12. The van der Waals surface area contributed by atoms with E-state index in [0.717, 1.165) is 15.1 Å². The molecule has 1 N–H and O–H groups in total. The lowest BCUT2D eigenvalue weighted by Crippen LogP contribution is -2.17. The van der Waals surface area contributed by atoms with E-state index in [1.54, 1.807) is 12.2 Å². The van der Waals surface area contributed by atoms with Gasteiger partial charge in [-0.3, -0.25) is 0 Å². The Labute approximate surface area is 118 Å². The zero-order valence-electron chi connectivity index (χ0n) is 11.1. The molecule has 2 rings (SSSR count). The smallest absolute Gasteiger partial charge is 0.243 e. The number of nitrogens with zero attached hydrogens (tertiary/aromatic N) is 2. The van der Waals surface area contributed by atoms with E-state index in [2.05, 4.69) is 4.98 Å². The van der Waals surface area contributed by atoms with Crippen molar-refractivity contribution in [1.29, 1.82) is 0 Å². The molecule has 0 aliphatic carbocycles. The highest BCUT2D eigenvalue weighted by Crippen LogP contribution is 2.08. The van der Waals surface area contributed by atoms with Crippen LogP contribution < -0.4 is 0 Å². The second-order valence-electron chi connectivity index (χ2n) is 4.39. The fourth-order valence-corrected chi connectivity index (χ4v) is 2.92. The Morgan fingerprint density at radius 3 is 2.65 bits per heavy atom. The number of benzene rings is 1. The number of aromatic nitrogens is 2. The Bertz CT molecular complexity index is 700. The maximum Gasteiger partial charge on any atom is 0.243 e. The fraction of sp³-hybridized carbons (Fsp3) is 0.214. The van der Waals surface area contributed by atoms with Crippen LogP contribution in [0.25, 0.3) is 6.08 Å². The van der Waals surface area contributed by atoms with Crippen LogP contribution in [0.15, 0.2) is 42.7 Å². The number of hydrogen-bond donors (Lipinski definition) is 1. The predicted octanol–water partition coefficient (Wildman–Crippen LogP) is 1.58. The number of aliphatic hydroxyl groups excluding tert-OH is 1. The van der Waals surface area contributed by atoms with Gasteiger partial charge in [0.1, 0.15) is 12.4 Å². The summed E-state index contributed by atoms with van der Waals surface area (Å²) in [5, 5.41) is 9.03. The Balaban J connectivity index is 2.11. The lowest BCUT2D eigenvalue weighted by Gasteiger charge is -2.05. The maximum absolute atomic E-state index is 12.1. The molecule has 0 saturated heterocycles. The summed E-state index contributed by atoms with van der Waals surface area (Å²) < 4.78 is 25.2. The summed E-state index contributed by atoms with van der Waals surface area (Å²) >= 11 is 0. The molecular weight excluding hydrogens is 276 g/mol. The van der Waals surface area contributed by atoms with Gasteiger partial charge in [0, 0.05) is 12.4 Å². The summed E-state index contributed by atoms with van der Waals surface area (Å²) in [6.07, 6.45) is 6.03. The fourth-order valence-electron chi connectivity index (χ4n) is 1.75. The summed E-state index contributed by atoms with van der Waals surface area (Å²) in [5.41, 5.74) is 2.10. The molecule has 2 aromatic rings. The lowest BCUT2D eigenvalue weighted by molar-refractivity contribution is 0.270. The third kappa shape index (κ3) is 3.34.